The minimum Gasteiger partial charge on any atom is -0.455 e. The number of hydrogen-bond donors (Lipinski definition) is 0. The minimum atomic E-state index is 0.684. The number of rotatable bonds is 7. The fourth-order valence-electron chi connectivity index (χ4n) is 9.67. The van der Waals surface area contributed by atoms with Gasteiger partial charge in [-0.2, -0.15) is 0 Å². The molecule has 0 saturated heterocycles. The number of benzene rings is 10. The summed E-state index contributed by atoms with van der Waals surface area (Å²) in [4.78, 5) is 10.4. The highest BCUT2D eigenvalue weighted by Gasteiger charge is 2.20. The molecule has 0 radical (unpaired) electrons. The summed E-state index contributed by atoms with van der Waals surface area (Å²) in [6.07, 6.45) is 0. The summed E-state index contributed by atoms with van der Waals surface area (Å²) in [5.41, 5.74) is 15.9. The normalized spacial score (nSPS) is 11.6. The smallest absolute Gasteiger partial charge is 0.160 e. The molecule has 66 heavy (non-hydrogen) atoms. The first-order valence-electron chi connectivity index (χ1n) is 22.3. The highest BCUT2D eigenvalue weighted by Crippen LogP contribution is 2.46. The minimum absolute atomic E-state index is 0.684. The Balaban J connectivity index is 0.931. The van der Waals surface area contributed by atoms with Crippen LogP contribution in [0.5, 0.6) is 0 Å². The van der Waals surface area contributed by atoms with Gasteiger partial charge in [0, 0.05) is 58.6 Å². The van der Waals surface area contributed by atoms with Crippen LogP contribution in [0.3, 0.4) is 0 Å². The molecule has 3 heterocycles. The largest absolute Gasteiger partial charge is 0.455 e. The molecule has 0 aliphatic heterocycles. The van der Waals surface area contributed by atoms with E-state index in [1.54, 1.807) is 0 Å². The fraction of sp³-hybridized carbons (Fsp3) is 0. The zero-order valence-electron chi connectivity index (χ0n) is 35.7. The second-order valence-corrected chi connectivity index (χ2v) is 17.9. The van der Waals surface area contributed by atoms with Gasteiger partial charge in [-0.25, -0.2) is 9.97 Å². The molecule has 0 saturated carbocycles. The van der Waals surface area contributed by atoms with Crippen LogP contribution in [0.25, 0.3) is 131 Å². The van der Waals surface area contributed by atoms with Crippen LogP contribution < -0.4 is 0 Å². The van der Waals surface area contributed by atoms with Crippen molar-refractivity contribution in [2.24, 2.45) is 0 Å². The third kappa shape index (κ3) is 6.50. The Hall–Kier alpha value is -8.44. The second-order valence-electron chi connectivity index (χ2n) is 16.8. The Bertz CT molecular complexity index is 3840. The number of furan rings is 1. The van der Waals surface area contributed by atoms with Crippen molar-refractivity contribution in [3.8, 4) is 78.4 Å². The summed E-state index contributed by atoms with van der Waals surface area (Å²) in [7, 11) is 0. The van der Waals surface area contributed by atoms with E-state index in [9.17, 15) is 0 Å². The van der Waals surface area contributed by atoms with Gasteiger partial charge in [0.25, 0.3) is 0 Å². The van der Waals surface area contributed by atoms with Gasteiger partial charge in [0.2, 0.25) is 0 Å². The van der Waals surface area contributed by atoms with E-state index < -0.39 is 0 Å². The molecule has 13 aromatic rings. The van der Waals surface area contributed by atoms with Crippen LogP contribution in [-0.4, -0.2) is 9.97 Å². The average Bonchev–Trinajstić information content (AvgIpc) is 3.98. The highest BCUT2D eigenvalue weighted by atomic mass is 32.1. The first-order chi connectivity index (χ1) is 32.7. The molecule has 10 aromatic carbocycles. The molecule has 0 aliphatic carbocycles. The summed E-state index contributed by atoms with van der Waals surface area (Å²) in [6.45, 7) is 0. The maximum absolute atomic E-state index is 6.81. The molecule has 3 nitrogen and oxygen atoms in total. The standard InChI is InChI=1S/C62H38N2OS/c1-3-13-39(14-4-1)41-25-31-44(32-26-41)55-38-56(64-62(63-55)46-35-27-42(28-36-46)40-15-5-2-6-16-40)45-33-29-43(30-34-45)53-37-54-59-49(20-12-23-57(59)65-60(54)50-19-8-7-17-47(50)53)52-22-11-21-51-48-18-9-10-24-58(48)66-61(51)52/h1-38H. The molecule has 3 aromatic heterocycles. The van der Waals surface area contributed by atoms with E-state index >= 15 is 0 Å². The van der Waals surface area contributed by atoms with Crippen LogP contribution >= 0.6 is 11.3 Å². The molecular formula is C62H38N2OS. The third-order valence-electron chi connectivity index (χ3n) is 13.0. The fourth-order valence-corrected chi connectivity index (χ4v) is 10.9. The van der Waals surface area contributed by atoms with Crippen molar-refractivity contribution < 1.29 is 4.42 Å². The van der Waals surface area contributed by atoms with Gasteiger partial charge in [-0.1, -0.05) is 206 Å². The summed E-state index contributed by atoms with van der Waals surface area (Å²) in [6, 6.07) is 82.0. The van der Waals surface area contributed by atoms with E-state index in [1.807, 2.05) is 23.5 Å². The second kappa shape index (κ2) is 15.7. The van der Waals surface area contributed by atoms with Crippen LogP contribution in [-0.2, 0) is 0 Å². The SMILES string of the molecule is c1ccc(-c2ccc(-c3cc(-c4ccc(-c5cc6c(oc7cccc(-c8cccc9c8sc8ccccc89)c76)c6ccccc56)cc4)nc(-c4ccc(-c5ccccc5)cc4)n3)cc2)cc1. The molecule has 4 heteroatoms. The summed E-state index contributed by atoms with van der Waals surface area (Å²) in [5.74, 6) is 0.684. The van der Waals surface area contributed by atoms with Crippen LogP contribution in [0, 0.1) is 0 Å². The van der Waals surface area contributed by atoms with Gasteiger partial charge in [0.05, 0.1) is 11.4 Å². The van der Waals surface area contributed by atoms with Gasteiger partial charge in [-0.15, -0.1) is 11.3 Å². The van der Waals surface area contributed by atoms with Crippen LogP contribution in [0.4, 0.5) is 0 Å². The lowest BCUT2D eigenvalue weighted by molar-refractivity contribution is 0.673. The quantitative estimate of drug-likeness (QED) is 0.160. The number of fused-ring (bicyclic) bond motifs is 8. The van der Waals surface area contributed by atoms with Crippen molar-refractivity contribution in [1.82, 2.24) is 9.97 Å². The van der Waals surface area contributed by atoms with E-state index in [0.717, 1.165) is 77.5 Å². The van der Waals surface area contributed by atoms with Crippen LogP contribution in [0.2, 0.25) is 0 Å². The van der Waals surface area contributed by atoms with E-state index in [1.165, 1.54) is 48.0 Å². The molecule has 0 fully saturated rings. The molecule has 0 aliphatic rings. The molecule has 0 spiro atoms. The van der Waals surface area contributed by atoms with Crippen LogP contribution in [0.15, 0.2) is 235 Å². The Kier molecular flexibility index (Phi) is 9.03. The Morgan fingerprint density at radius 1 is 0.318 bits per heavy atom. The monoisotopic (exact) mass is 858 g/mol. The molecule has 0 amide bonds. The molecular weight excluding hydrogens is 821 g/mol. The summed E-state index contributed by atoms with van der Waals surface area (Å²) < 4.78 is 9.40. The number of thiophene rings is 1. The third-order valence-corrected chi connectivity index (χ3v) is 14.2. The number of hydrogen-bond acceptors (Lipinski definition) is 4. The predicted molar refractivity (Wildman–Crippen MR) is 278 cm³/mol. The molecule has 13 rings (SSSR count). The summed E-state index contributed by atoms with van der Waals surface area (Å²) >= 11 is 1.86. The van der Waals surface area contributed by atoms with Crippen molar-refractivity contribution in [3.63, 3.8) is 0 Å². The lowest BCUT2D eigenvalue weighted by Gasteiger charge is -2.12. The Morgan fingerprint density at radius 3 is 1.48 bits per heavy atom. The van der Waals surface area contributed by atoms with Crippen molar-refractivity contribution in [1.29, 1.82) is 0 Å². The first-order valence-corrected chi connectivity index (χ1v) is 23.1. The van der Waals surface area contributed by atoms with Gasteiger partial charge in [-0.3, -0.25) is 0 Å². The van der Waals surface area contributed by atoms with Crippen molar-refractivity contribution in [3.05, 3.63) is 231 Å². The highest BCUT2D eigenvalue weighted by molar-refractivity contribution is 7.26. The van der Waals surface area contributed by atoms with E-state index in [-0.39, 0.29) is 0 Å². The molecule has 0 atom stereocenters. The zero-order valence-corrected chi connectivity index (χ0v) is 36.5. The van der Waals surface area contributed by atoms with Gasteiger partial charge in [-0.05, 0) is 68.6 Å². The van der Waals surface area contributed by atoms with Gasteiger partial charge in [0.1, 0.15) is 11.2 Å². The Labute approximate surface area is 385 Å². The Morgan fingerprint density at radius 2 is 0.818 bits per heavy atom. The van der Waals surface area contributed by atoms with Gasteiger partial charge in [0.15, 0.2) is 5.82 Å². The molecule has 0 unspecified atom stereocenters. The maximum atomic E-state index is 6.81. The zero-order chi connectivity index (χ0) is 43.6. The molecule has 0 bridgehead atoms. The van der Waals surface area contributed by atoms with Crippen molar-refractivity contribution in [2.45, 2.75) is 0 Å². The maximum Gasteiger partial charge on any atom is 0.160 e. The van der Waals surface area contributed by atoms with E-state index in [4.69, 9.17) is 14.4 Å². The van der Waals surface area contributed by atoms with Crippen molar-refractivity contribution >= 4 is 64.2 Å². The van der Waals surface area contributed by atoms with E-state index in [2.05, 4.69) is 218 Å². The topological polar surface area (TPSA) is 38.9 Å². The van der Waals surface area contributed by atoms with Gasteiger partial charge < -0.3 is 4.42 Å². The summed E-state index contributed by atoms with van der Waals surface area (Å²) in [5, 5.41) is 7.07. The lowest BCUT2D eigenvalue weighted by Crippen LogP contribution is -1.96. The van der Waals surface area contributed by atoms with Crippen molar-refractivity contribution in [2.75, 3.05) is 0 Å². The molecule has 0 N–H and O–H groups in total. The number of nitrogens with zero attached hydrogens (tertiary/aromatic N) is 2. The first kappa shape index (κ1) is 38.1. The van der Waals surface area contributed by atoms with E-state index in [0.29, 0.717) is 5.82 Å². The average molecular weight is 859 g/mol. The van der Waals surface area contributed by atoms with Crippen LogP contribution in [0.1, 0.15) is 0 Å². The lowest BCUT2D eigenvalue weighted by atomic mass is 9.92. The number of aromatic nitrogens is 2. The molecule has 308 valence electrons. The predicted octanol–water partition coefficient (Wildman–Crippen LogP) is 17.6. The van der Waals surface area contributed by atoms with Gasteiger partial charge >= 0.3 is 0 Å².